The fourth-order valence-electron chi connectivity index (χ4n) is 2.86. The molecule has 5 nitrogen and oxygen atoms in total. The lowest BCUT2D eigenvalue weighted by Crippen LogP contribution is -2.25. The van der Waals surface area contributed by atoms with Gasteiger partial charge in [-0.15, -0.1) is 0 Å². The van der Waals surface area contributed by atoms with Crippen molar-refractivity contribution in [3.63, 3.8) is 0 Å². The van der Waals surface area contributed by atoms with Crippen molar-refractivity contribution in [2.24, 2.45) is 0 Å². The van der Waals surface area contributed by atoms with Crippen LogP contribution in [0, 0.1) is 11.6 Å². The number of aromatic nitrogens is 1. The Morgan fingerprint density at radius 3 is 2.17 bits per heavy atom. The second kappa shape index (κ2) is 6.87. The fourth-order valence-corrected chi connectivity index (χ4v) is 2.86. The van der Waals surface area contributed by atoms with Crippen LogP contribution in [0.3, 0.4) is 0 Å². The third-order valence-corrected chi connectivity index (χ3v) is 4.18. The number of aromatic carboxylic acids is 1. The lowest BCUT2D eigenvalue weighted by Gasteiger charge is -2.20. The van der Waals surface area contributed by atoms with E-state index in [4.69, 9.17) is 9.22 Å². The van der Waals surface area contributed by atoms with Gasteiger partial charge in [-0.25, -0.2) is 18.6 Å². The minimum atomic E-state index is -5.07. The molecule has 0 unspecified atom stereocenters. The van der Waals surface area contributed by atoms with Crippen molar-refractivity contribution >= 4 is 17.5 Å². The quantitative estimate of drug-likeness (QED) is 0.768. The summed E-state index contributed by atoms with van der Waals surface area (Å²) in [7, 11) is 0. The largest absolute Gasteiger partial charge is 0.476 e. The van der Waals surface area contributed by atoms with Gasteiger partial charge in [-0.1, -0.05) is 0 Å². The number of hydrogen-bond donors (Lipinski definition) is 1. The normalized spacial score (nSPS) is 16.2. The van der Waals surface area contributed by atoms with Gasteiger partial charge in [-0.05, 0) is 31.1 Å². The van der Waals surface area contributed by atoms with Crippen LogP contribution in [-0.2, 0) is 12.6 Å². The number of fused-ring (bicyclic) bond motifs is 1. The molecule has 1 aliphatic rings. The van der Waals surface area contributed by atoms with Crippen LogP contribution in [0.2, 0.25) is 0 Å². The van der Waals surface area contributed by atoms with Gasteiger partial charge in [0.25, 0.3) is 0 Å². The van der Waals surface area contributed by atoms with E-state index < -0.39 is 87.8 Å². The molecule has 0 amide bonds. The van der Waals surface area contributed by atoms with Gasteiger partial charge in [0, 0.05) is 27.4 Å². The molecule has 3 rings (SSSR count). The van der Waals surface area contributed by atoms with E-state index in [-0.39, 0.29) is 0 Å². The number of allylic oxidation sites excluding steroid dienone is 2. The minimum absolute atomic E-state index is 0.366. The van der Waals surface area contributed by atoms with E-state index in [0.717, 1.165) is 0 Å². The number of pyridine rings is 1. The predicted octanol–water partition coefficient (Wildman–Crippen LogP) is 4.02. The van der Waals surface area contributed by atoms with Crippen molar-refractivity contribution in [3.05, 3.63) is 75.1 Å². The number of carbonyl (C=O) groups excluding carboxylic acids is 2. The number of carboxylic acid groups (broad SMARTS) is 1. The number of carbonyl (C=O) groups is 3. The van der Waals surface area contributed by atoms with Crippen molar-refractivity contribution in [3.8, 4) is 0 Å². The maximum absolute atomic E-state index is 14.2. The number of hydrogen-bond acceptors (Lipinski definition) is 4. The van der Waals surface area contributed by atoms with Gasteiger partial charge in [0.05, 0.1) is 16.7 Å². The Labute approximate surface area is 163 Å². The Kier molecular flexibility index (Phi) is 3.91. The maximum Gasteiger partial charge on any atom is 0.418 e. The van der Waals surface area contributed by atoms with Crippen LogP contribution in [0.15, 0.2) is 35.4 Å². The maximum atomic E-state index is 14.2. The van der Waals surface area contributed by atoms with Crippen molar-refractivity contribution in [2.45, 2.75) is 19.4 Å². The molecule has 0 aliphatic heterocycles. The van der Waals surface area contributed by atoms with Crippen molar-refractivity contribution < 1.29 is 45.6 Å². The molecule has 1 aliphatic carbocycles. The number of alkyl halides is 3. The zero-order valence-electron chi connectivity index (χ0n) is 17.0. The van der Waals surface area contributed by atoms with Gasteiger partial charge >= 0.3 is 12.1 Å². The molecular formula is C19H10F5NO4. The van der Waals surface area contributed by atoms with E-state index in [0.29, 0.717) is 24.3 Å². The molecule has 2 aromatic rings. The molecule has 1 aromatic heterocycles. The lowest BCUT2D eigenvalue weighted by atomic mass is 9.82. The molecule has 0 saturated heterocycles. The first-order chi connectivity index (χ1) is 14.6. The summed E-state index contributed by atoms with van der Waals surface area (Å²) in [4.78, 5) is 40.1. The van der Waals surface area contributed by atoms with E-state index in [2.05, 4.69) is 4.98 Å². The van der Waals surface area contributed by atoms with Crippen LogP contribution in [0.1, 0.15) is 53.4 Å². The Balaban J connectivity index is 2.22. The van der Waals surface area contributed by atoms with Gasteiger partial charge in [0.1, 0.15) is 11.6 Å². The molecule has 0 saturated carbocycles. The zero-order chi connectivity index (χ0) is 24.2. The molecule has 1 N–H and O–H groups in total. The smallest absolute Gasteiger partial charge is 0.418 e. The zero-order valence-corrected chi connectivity index (χ0v) is 14.0. The molecule has 150 valence electrons. The number of nitrogens with zero attached hydrogens (tertiary/aromatic N) is 1. The van der Waals surface area contributed by atoms with Gasteiger partial charge < -0.3 is 5.11 Å². The van der Waals surface area contributed by atoms with Gasteiger partial charge in [0.15, 0.2) is 17.3 Å². The first-order valence-corrected chi connectivity index (χ1v) is 7.76. The summed E-state index contributed by atoms with van der Waals surface area (Å²) in [5, 5.41) is 9.05. The molecule has 29 heavy (non-hydrogen) atoms. The Morgan fingerprint density at radius 1 is 1.07 bits per heavy atom. The van der Waals surface area contributed by atoms with Gasteiger partial charge in [0.2, 0.25) is 0 Å². The summed E-state index contributed by atoms with van der Waals surface area (Å²) >= 11 is 0. The molecule has 0 atom stereocenters. The molecule has 1 heterocycles. The molecule has 0 spiro atoms. The molecule has 10 heteroatoms. The Morgan fingerprint density at radius 2 is 1.66 bits per heavy atom. The SMILES string of the molecule is [2H]C([2H])([2H])C1=C(Cc2ccc(C(F)(F)F)c(C(=O)O)n2)C(=O)c2c(F)ccc(F)c2C1=O. The fraction of sp³-hybridized carbons (Fsp3) is 0.158. The average Bonchev–Trinajstić information content (AvgIpc) is 2.65. The molecular weight excluding hydrogens is 401 g/mol. The van der Waals surface area contributed by atoms with Crippen LogP contribution in [0.4, 0.5) is 22.0 Å². The number of halogens is 5. The van der Waals surface area contributed by atoms with Crippen LogP contribution >= 0.6 is 0 Å². The monoisotopic (exact) mass is 414 g/mol. The summed E-state index contributed by atoms with van der Waals surface area (Å²) in [6.07, 6.45) is -5.98. The second-order valence-electron chi connectivity index (χ2n) is 5.97. The topological polar surface area (TPSA) is 84.3 Å². The number of Topliss-reactive ketones (excluding diaryl/α,β-unsaturated/α-hetero) is 2. The first-order valence-electron chi connectivity index (χ1n) is 9.26. The molecule has 0 fully saturated rings. The number of ketones is 2. The second-order valence-corrected chi connectivity index (χ2v) is 5.97. The van der Waals surface area contributed by atoms with Crippen LogP contribution < -0.4 is 0 Å². The van der Waals surface area contributed by atoms with Crippen molar-refractivity contribution in [2.75, 3.05) is 0 Å². The molecule has 0 radical (unpaired) electrons. The van der Waals surface area contributed by atoms with E-state index in [1.54, 1.807) is 0 Å². The summed E-state index contributed by atoms with van der Waals surface area (Å²) in [6, 6.07) is 2.15. The number of carboxylic acids is 1. The predicted molar refractivity (Wildman–Crippen MR) is 87.6 cm³/mol. The highest BCUT2D eigenvalue weighted by Crippen LogP contribution is 2.34. The summed E-state index contributed by atoms with van der Waals surface area (Å²) in [6.45, 7) is -3.28. The number of rotatable bonds is 3. The van der Waals surface area contributed by atoms with Crippen LogP contribution in [0.25, 0.3) is 0 Å². The standard InChI is InChI=1S/C19H10F5NO4/c1-7-9(17(27)14-12(21)5-4-11(20)13(14)16(7)26)6-8-2-3-10(19(22,23)24)15(25-8)18(28)29/h2-5H,6H2,1H3,(H,28,29)/i1D3. The van der Waals surface area contributed by atoms with Gasteiger partial charge in [-0.3, -0.25) is 9.59 Å². The number of benzene rings is 1. The average molecular weight is 414 g/mol. The highest BCUT2D eigenvalue weighted by atomic mass is 19.4. The third-order valence-electron chi connectivity index (χ3n) is 4.18. The summed E-state index contributed by atoms with van der Waals surface area (Å²) in [5.74, 6) is -7.55. The summed E-state index contributed by atoms with van der Waals surface area (Å²) in [5.41, 5.74) is -7.62. The van der Waals surface area contributed by atoms with Gasteiger partial charge in [-0.2, -0.15) is 13.2 Å². The Bertz CT molecular complexity index is 1220. The van der Waals surface area contributed by atoms with Crippen LogP contribution in [0.5, 0.6) is 0 Å². The van der Waals surface area contributed by atoms with Crippen molar-refractivity contribution in [1.29, 1.82) is 0 Å². The highest BCUT2D eigenvalue weighted by Gasteiger charge is 2.38. The van der Waals surface area contributed by atoms with E-state index in [9.17, 15) is 36.3 Å². The lowest BCUT2D eigenvalue weighted by molar-refractivity contribution is -0.138. The third kappa shape index (κ3) is 3.41. The minimum Gasteiger partial charge on any atom is -0.476 e. The van der Waals surface area contributed by atoms with E-state index >= 15 is 0 Å². The van der Waals surface area contributed by atoms with Crippen molar-refractivity contribution in [1.82, 2.24) is 4.98 Å². The van der Waals surface area contributed by atoms with E-state index in [1.807, 2.05) is 0 Å². The molecule has 1 aromatic carbocycles. The van der Waals surface area contributed by atoms with Crippen LogP contribution in [-0.4, -0.2) is 27.6 Å². The Hall–Kier alpha value is -3.43. The van der Waals surface area contributed by atoms with E-state index in [1.165, 1.54) is 0 Å². The first kappa shape index (κ1) is 16.5. The summed E-state index contributed by atoms with van der Waals surface area (Å²) < 4.78 is 90.1. The highest BCUT2D eigenvalue weighted by molar-refractivity contribution is 6.27. The molecule has 0 bridgehead atoms.